The van der Waals surface area contributed by atoms with Gasteiger partial charge < -0.3 is 94.7 Å². The molecule has 20 nitrogen and oxygen atoms in total. The molecule has 650 valence electrons. The van der Waals surface area contributed by atoms with Gasteiger partial charge in [-0.2, -0.15) is 0 Å². The van der Waals surface area contributed by atoms with E-state index >= 15 is 0 Å². The molecule has 0 aliphatic carbocycles. The predicted molar refractivity (Wildman–Crippen MR) is 452 cm³/mol. The molecule has 101 heavy (non-hydrogen) atoms. The molecule has 0 rings (SSSR count). The summed E-state index contributed by atoms with van der Waals surface area (Å²) in [4.78, 5) is 0. The van der Waals surface area contributed by atoms with Gasteiger partial charge in [-0.25, -0.2) is 0 Å². The Labute approximate surface area is 641 Å². The minimum Gasteiger partial charge on any atom is -0.379 e. The summed E-state index contributed by atoms with van der Waals surface area (Å²) in [5.74, 6) is 0. The standard InChI is InChI=1S/C36H74O12.C25H52O8.20CH4/c1-7-13-37-19-21-43-31-33(45-27-23-39-15-9-3)35(47-29-25-41-17-11-5)36(48-30-26-42-18-12-6)34(46-28-24-40-16-10-4)32-44-22-20-38-14-8-2;1-5-9-26-13-17-30-21-25(22-31-18-14-27-10-6-2,23-32-19-15-28-11-7-3)24-33-20-16-29-12-8-4;;;;;;;;;;;;;;;;;;;;/h33-36H,7-32H2,1-6H3;5-24H2,1-4H3;20*1H4. The third-order valence-corrected chi connectivity index (χ3v) is 11.2. The predicted octanol–water partition coefficient (Wildman–Crippen LogP) is 21.6. The fourth-order valence-corrected chi connectivity index (χ4v) is 7.28. The third-order valence-electron chi connectivity index (χ3n) is 11.2. The summed E-state index contributed by atoms with van der Waals surface area (Å²) < 4.78 is 119. The monoisotopic (exact) mass is 1500 g/mol. The lowest BCUT2D eigenvalue weighted by Gasteiger charge is -2.37. The van der Waals surface area contributed by atoms with Crippen LogP contribution in [0.4, 0.5) is 0 Å². The molecule has 0 aromatic rings. The Hall–Kier alpha value is -0.800. The van der Waals surface area contributed by atoms with E-state index in [1.165, 1.54) is 0 Å². The molecule has 0 saturated carbocycles. The first-order valence-electron chi connectivity index (χ1n) is 31.6. The Morgan fingerprint density at radius 1 is 0.158 bits per heavy atom. The van der Waals surface area contributed by atoms with Crippen LogP contribution in [-0.2, 0) is 94.7 Å². The van der Waals surface area contributed by atoms with Crippen molar-refractivity contribution in [2.45, 2.75) is 306 Å². The number of ether oxygens (including phenoxy) is 20. The second kappa shape index (κ2) is 138. The van der Waals surface area contributed by atoms with Crippen LogP contribution in [0.2, 0.25) is 0 Å². The van der Waals surface area contributed by atoms with E-state index in [9.17, 15) is 0 Å². The third kappa shape index (κ3) is 113. The van der Waals surface area contributed by atoms with E-state index < -0.39 is 29.8 Å². The van der Waals surface area contributed by atoms with Crippen LogP contribution in [0, 0.1) is 5.41 Å². The minimum atomic E-state index is -0.578. The summed E-state index contributed by atoms with van der Waals surface area (Å²) in [5, 5.41) is 0. The molecule has 0 saturated heterocycles. The van der Waals surface area contributed by atoms with Crippen molar-refractivity contribution in [2.75, 3.05) is 238 Å². The van der Waals surface area contributed by atoms with Crippen molar-refractivity contribution < 1.29 is 94.7 Å². The lowest BCUT2D eigenvalue weighted by atomic mass is 9.92. The van der Waals surface area contributed by atoms with Crippen molar-refractivity contribution in [1.82, 2.24) is 0 Å². The molecule has 4 unspecified atom stereocenters. The molecule has 0 fully saturated rings. The summed E-state index contributed by atoms with van der Waals surface area (Å²) in [7, 11) is 0. The van der Waals surface area contributed by atoms with Crippen molar-refractivity contribution in [3.05, 3.63) is 0 Å². The van der Waals surface area contributed by atoms with Crippen molar-refractivity contribution >= 4 is 0 Å². The summed E-state index contributed by atoms with van der Waals surface area (Å²) >= 11 is 0. The number of hydrogen-bond acceptors (Lipinski definition) is 20. The molecule has 0 aliphatic heterocycles. The van der Waals surface area contributed by atoms with E-state index in [1.54, 1.807) is 0 Å². The molecule has 0 aromatic carbocycles. The zero-order valence-corrected chi connectivity index (χ0v) is 53.5. The lowest BCUT2D eigenvalue weighted by Crippen LogP contribution is -2.53. The van der Waals surface area contributed by atoms with Crippen LogP contribution in [0.5, 0.6) is 0 Å². The van der Waals surface area contributed by atoms with Gasteiger partial charge in [0.25, 0.3) is 0 Å². The van der Waals surface area contributed by atoms with Crippen LogP contribution in [0.25, 0.3) is 0 Å². The normalized spacial score (nSPS) is 10.8. The molecule has 4 atom stereocenters. The summed E-state index contributed by atoms with van der Waals surface area (Å²) in [6.45, 7) is 39.9. The second-order valence-corrected chi connectivity index (χ2v) is 19.5. The Balaban J connectivity index is -0.0000000536. The summed E-state index contributed by atoms with van der Waals surface area (Å²) in [6, 6.07) is 0. The van der Waals surface area contributed by atoms with Gasteiger partial charge in [0, 0.05) is 66.1 Å². The maximum absolute atomic E-state index is 6.59. The first-order chi connectivity index (χ1) is 39.9. The van der Waals surface area contributed by atoms with Gasteiger partial charge in [0.1, 0.15) is 24.4 Å². The Morgan fingerprint density at radius 3 is 0.465 bits per heavy atom. The average molecular weight is 1500 g/mol. The van der Waals surface area contributed by atoms with E-state index in [0.717, 1.165) is 90.6 Å². The summed E-state index contributed by atoms with van der Waals surface area (Å²) in [6.07, 6.45) is 7.50. The topological polar surface area (TPSA) is 185 Å². The smallest absolute Gasteiger partial charge is 0.115 e. The number of rotatable bonds is 69. The SMILES string of the molecule is C.C.C.C.C.C.C.C.C.C.C.C.C.C.C.C.C.C.C.C.CCCOCCOCC(COCCOCCC)(COCCOCCC)COCCOCCC.CCCOCCOCC(OCCOCCC)C(OCCOCCC)C(OCCOCCC)C(COCCOCCC)OCCOCCC. The molecule has 0 spiro atoms. The zero-order chi connectivity index (χ0) is 59.5. The van der Waals surface area contributed by atoms with Crippen molar-refractivity contribution in [3.8, 4) is 0 Å². The Bertz CT molecular complexity index is 1020. The van der Waals surface area contributed by atoms with Gasteiger partial charge in [0.2, 0.25) is 0 Å². The van der Waals surface area contributed by atoms with Gasteiger partial charge >= 0.3 is 0 Å². The van der Waals surface area contributed by atoms with Crippen molar-refractivity contribution in [1.29, 1.82) is 0 Å². The highest BCUT2D eigenvalue weighted by Crippen LogP contribution is 2.22. The fraction of sp³-hybridized carbons (Fsp3) is 1.00. The second-order valence-electron chi connectivity index (χ2n) is 19.5. The molecule has 0 aliphatic rings. The van der Waals surface area contributed by atoms with Crippen LogP contribution in [0.3, 0.4) is 0 Å². The highest BCUT2D eigenvalue weighted by Gasteiger charge is 2.39. The Kier molecular flexibility index (Phi) is 221. The molecule has 0 amide bonds. The highest BCUT2D eigenvalue weighted by atomic mass is 16.6. The molecule has 0 N–H and O–H groups in total. The van der Waals surface area contributed by atoms with Gasteiger partial charge in [-0.15, -0.1) is 0 Å². The fourth-order valence-electron chi connectivity index (χ4n) is 7.28. The van der Waals surface area contributed by atoms with Crippen LogP contribution >= 0.6 is 0 Å². The maximum atomic E-state index is 6.59. The first-order valence-corrected chi connectivity index (χ1v) is 31.6. The maximum Gasteiger partial charge on any atom is 0.115 e. The zero-order valence-electron chi connectivity index (χ0n) is 53.5. The molecule has 0 heterocycles. The minimum absolute atomic E-state index is 0. The van der Waals surface area contributed by atoms with E-state index in [2.05, 4.69) is 69.2 Å². The largest absolute Gasteiger partial charge is 0.379 e. The highest BCUT2D eigenvalue weighted by molar-refractivity contribution is 4.87. The van der Waals surface area contributed by atoms with E-state index in [4.69, 9.17) is 94.7 Å². The summed E-state index contributed by atoms with van der Waals surface area (Å²) in [5.41, 5.74) is -0.426. The van der Waals surface area contributed by atoms with E-state index in [0.29, 0.717) is 198 Å². The van der Waals surface area contributed by atoms with Gasteiger partial charge in [0.05, 0.1) is 177 Å². The molecule has 0 radical (unpaired) electrons. The van der Waals surface area contributed by atoms with E-state index in [-0.39, 0.29) is 162 Å². The van der Waals surface area contributed by atoms with Crippen LogP contribution in [-0.4, -0.2) is 262 Å². The van der Waals surface area contributed by atoms with Gasteiger partial charge in [-0.3, -0.25) is 0 Å². The van der Waals surface area contributed by atoms with Gasteiger partial charge in [0.15, 0.2) is 0 Å². The molecular weight excluding hydrogens is 1290 g/mol. The van der Waals surface area contributed by atoms with Crippen molar-refractivity contribution in [2.24, 2.45) is 5.41 Å². The van der Waals surface area contributed by atoms with Crippen LogP contribution < -0.4 is 0 Å². The van der Waals surface area contributed by atoms with Crippen LogP contribution in [0.15, 0.2) is 0 Å². The van der Waals surface area contributed by atoms with Crippen molar-refractivity contribution in [3.63, 3.8) is 0 Å². The molecule has 20 heteroatoms. The van der Waals surface area contributed by atoms with Crippen LogP contribution in [0.1, 0.15) is 282 Å². The lowest BCUT2D eigenvalue weighted by molar-refractivity contribution is -0.206. The quantitative estimate of drug-likeness (QED) is 0.0523. The van der Waals surface area contributed by atoms with Gasteiger partial charge in [-0.1, -0.05) is 218 Å². The first kappa shape index (κ1) is 161. The molecular formula is C81H206O20. The molecule has 0 aromatic heterocycles. The van der Waals surface area contributed by atoms with Gasteiger partial charge in [-0.05, 0) is 64.2 Å². The number of hydrogen-bond donors (Lipinski definition) is 0. The Morgan fingerprint density at radius 2 is 0.297 bits per heavy atom. The average Bonchev–Trinajstić information content (AvgIpc) is 0.856. The van der Waals surface area contributed by atoms with E-state index in [1.807, 2.05) is 0 Å². The molecule has 0 bridgehead atoms.